The van der Waals surface area contributed by atoms with Gasteiger partial charge in [0.1, 0.15) is 11.6 Å². The first-order chi connectivity index (χ1) is 11.8. The predicted octanol–water partition coefficient (Wildman–Crippen LogP) is 1.59. The zero-order valence-electron chi connectivity index (χ0n) is 13.5. The number of sulfone groups is 1. The van der Waals surface area contributed by atoms with Crippen LogP contribution in [-0.2, 0) is 21.7 Å². The highest BCUT2D eigenvalue weighted by Gasteiger charge is 2.32. The van der Waals surface area contributed by atoms with Crippen molar-refractivity contribution in [2.45, 2.75) is 17.5 Å². The van der Waals surface area contributed by atoms with Crippen LogP contribution in [0.5, 0.6) is 0 Å². The van der Waals surface area contributed by atoms with Gasteiger partial charge in [0.2, 0.25) is 5.91 Å². The van der Waals surface area contributed by atoms with Crippen LogP contribution in [0.3, 0.4) is 0 Å². The molecule has 7 nitrogen and oxygen atoms in total. The van der Waals surface area contributed by atoms with Gasteiger partial charge < -0.3 is 9.88 Å². The van der Waals surface area contributed by atoms with E-state index in [2.05, 4.69) is 15.5 Å². The molecule has 1 aromatic carbocycles. The maximum absolute atomic E-state index is 12.8. The fourth-order valence-corrected chi connectivity index (χ4v) is 5.12. The van der Waals surface area contributed by atoms with E-state index < -0.39 is 9.84 Å². The predicted molar refractivity (Wildman–Crippen MR) is 92.8 cm³/mol. The van der Waals surface area contributed by atoms with Crippen LogP contribution in [0.15, 0.2) is 29.4 Å². The Morgan fingerprint density at radius 3 is 2.72 bits per heavy atom. The van der Waals surface area contributed by atoms with E-state index in [0.717, 1.165) is 0 Å². The second kappa shape index (κ2) is 7.12. The fraction of sp³-hybridized carbons (Fsp3) is 0.400. The first-order valence-electron chi connectivity index (χ1n) is 7.62. The standard InChI is InChI=1S/C15H17FN4O3S2/c1-20-14(10-6-7-25(22,23)9-10)18-19-15(20)24-8-13(21)17-12-4-2-11(16)3-5-12/h2-5,10H,6-9H2,1H3,(H,17,21)/t10-/m1/s1. The van der Waals surface area contributed by atoms with Crippen LogP contribution in [0.4, 0.5) is 10.1 Å². The Morgan fingerprint density at radius 2 is 2.08 bits per heavy atom. The van der Waals surface area contributed by atoms with Crippen molar-refractivity contribution in [3.05, 3.63) is 35.9 Å². The van der Waals surface area contributed by atoms with E-state index in [-0.39, 0.29) is 34.9 Å². The van der Waals surface area contributed by atoms with Crippen LogP contribution in [0, 0.1) is 5.82 Å². The van der Waals surface area contributed by atoms with Gasteiger partial charge in [-0.05, 0) is 30.7 Å². The van der Waals surface area contributed by atoms with Gasteiger partial charge in [-0.15, -0.1) is 10.2 Å². The number of hydrogen-bond donors (Lipinski definition) is 1. The molecule has 2 aromatic rings. The summed E-state index contributed by atoms with van der Waals surface area (Å²) in [5, 5.41) is 11.4. The lowest BCUT2D eigenvalue weighted by molar-refractivity contribution is -0.113. The lowest BCUT2D eigenvalue weighted by Gasteiger charge is -2.08. The lowest BCUT2D eigenvalue weighted by Crippen LogP contribution is -2.14. The number of carbonyl (C=O) groups is 1. The van der Waals surface area contributed by atoms with Gasteiger partial charge >= 0.3 is 0 Å². The number of rotatable bonds is 5. The van der Waals surface area contributed by atoms with E-state index in [1.54, 1.807) is 11.6 Å². The number of amides is 1. The summed E-state index contributed by atoms with van der Waals surface area (Å²) in [4.78, 5) is 12.0. The number of anilines is 1. The highest BCUT2D eigenvalue weighted by atomic mass is 32.2. The van der Waals surface area contributed by atoms with Gasteiger partial charge in [0, 0.05) is 18.7 Å². The summed E-state index contributed by atoms with van der Waals surface area (Å²) < 4.78 is 37.8. The van der Waals surface area contributed by atoms with E-state index in [4.69, 9.17) is 0 Å². The van der Waals surface area contributed by atoms with E-state index >= 15 is 0 Å². The average Bonchev–Trinajstić information content (AvgIpc) is 3.10. The summed E-state index contributed by atoms with van der Waals surface area (Å²) in [6, 6.07) is 5.51. The summed E-state index contributed by atoms with van der Waals surface area (Å²) in [7, 11) is -1.23. The third kappa shape index (κ3) is 4.37. The Hall–Kier alpha value is -1.94. The number of nitrogens with one attached hydrogen (secondary N) is 1. The van der Waals surface area contributed by atoms with E-state index in [1.165, 1.54) is 36.0 Å². The number of aromatic nitrogens is 3. The Balaban J connectivity index is 1.58. The minimum absolute atomic E-state index is 0.0920. The zero-order valence-corrected chi connectivity index (χ0v) is 15.1. The van der Waals surface area contributed by atoms with Crippen LogP contribution in [-0.4, -0.2) is 46.3 Å². The Kier molecular flexibility index (Phi) is 5.09. The number of hydrogen-bond acceptors (Lipinski definition) is 6. The van der Waals surface area contributed by atoms with Crippen molar-refractivity contribution < 1.29 is 17.6 Å². The smallest absolute Gasteiger partial charge is 0.234 e. The molecule has 134 valence electrons. The molecule has 1 amide bonds. The quantitative estimate of drug-likeness (QED) is 0.787. The molecule has 1 atom stereocenters. The van der Waals surface area contributed by atoms with Crippen LogP contribution in [0.1, 0.15) is 18.2 Å². The van der Waals surface area contributed by atoms with Crippen molar-refractivity contribution in [1.82, 2.24) is 14.8 Å². The van der Waals surface area contributed by atoms with Crippen molar-refractivity contribution in [3.63, 3.8) is 0 Å². The number of halogens is 1. The first-order valence-corrected chi connectivity index (χ1v) is 10.4. The Labute approximate surface area is 148 Å². The molecule has 0 unspecified atom stereocenters. The third-order valence-electron chi connectivity index (χ3n) is 3.93. The molecule has 0 spiro atoms. The molecule has 0 bridgehead atoms. The zero-order chi connectivity index (χ0) is 18.0. The van der Waals surface area contributed by atoms with Gasteiger partial charge in [0.15, 0.2) is 15.0 Å². The molecule has 1 N–H and O–H groups in total. The molecule has 1 fully saturated rings. The topological polar surface area (TPSA) is 93.9 Å². The minimum atomic E-state index is -2.99. The molecule has 0 radical (unpaired) electrons. The molecule has 1 aliphatic heterocycles. The number of nitrogens with zero attached hydrogens (tertiary/aromatic N) is 3. The highest BCUT2D eigenvalue weighted by molar-refractivity contribution is 7.99. The molecule has 3 rings (SSSR count). The Morgan fingerprint density at radius 1 is 1.36 bits per heavy atom. The second-order valence-electron chi connectivity index (χ2n) is 5.84. The number of thioether (sulfide) groups is 1. The van der Waals surface area contributed by atoms with Crippen LogP contribution in [0.2, 0.25) is 0 Å². The summed E-state index contributed by atoms with van der Waals surface area (Å²) >= 11 is 1.21. The lowest BCUT2D eigenvalue weighted by atomic mass is 10.1. The van der Waals surface area contributed by atoms with E-state index in [9.17, 15) is 17.6 Å². The van der Waals surface area contributed by atoms with Crippen LogP contribution >= 0.6 is 11.8 Å². The largest absolute Gasteiger partial charge is 0.325 e. The number of benzene rings is 1. The third-order valence-corrected chi connectivity index (χ3v) is 6.71. The van der Waals surface area contributed by atoms with Crippen LogP contribution in [0.25, 0.3) is 0 Å². The van der Waals surface area contributed by atoms with Gasteiger partial charge in [0.25, 0.3) is 0 Å². The Bertz CT molecular complexity index is 881. The molecule has 0 aliphatic carbocycles. The van der Waals surface area contributed by atoms with E-state index in [1.807, 2.05) is 0 Å². The SMILES string of the molecule is Cn1c(SCC(=O)Nc2ccc(F)cc2)nnc1[C@@H]1CCS(=O)(=O)C1. The van der Waals surface area contributed by atoms with Crippen molar-refractivity contribution in [3.8, 4) is 0 Å². The minimum Gasteiger partial charge on any atom is -0.325 e. The molecule has 1 saturated heterocycles. The van der Waals surface area contributed by atoms with Gasteiger partial charge in [-0.3, -0.25) is 4.79 Å². The summed E-state index contributed by atoms with van der Waals surface area (Å²) in [6.07, 6.45) is 0.546. The van der Waals surface area contributed by atoms with Crippen LogP contribution < -0.4 is 5.32 Å². The monoisotopic (exact) mass is 384 g/mol. The maximum atomic E-state index is 12.8. The normalized spacial score (nSPS) is 19.0. The van der Waals surface area contributed by atoms with Crippen molar-refractivity contribution >= 4 is 33.2 Å². The molecule has 2 heterocycles. The summed E-state index contributed by atoms with van der Waals surface area (Å²) in [6.45, 7) is 0. The first kappa shape index (κ1) is 17.9. The summed E-state index contributed by atoms with van der Waals surface area (Å²) in [5.41, 5.74) is 0.516. The van der Waals surface area contributed by atoms with Gasteiger partial charge in [-0.2, -0.15) is 0 Å². The van der Waals surface area contributed by atoms with Crippen molar-refractivity contribution in [2.75, 3.05) is 22.6 Å². The second-order valence-corrected chi connectivity index (χ2v) is 9.01. The van der Waals surface area contributed by atoms with Gasteiger partial charge in [-0.1, -0.05) is 11.8 Å². The molecule has 1 aromatic heterocycles. The fourth-order valence-electron chi connectivity index (χ4n) is 2.67. The maximum Gasteiger partial charge on any atom is 0.234 e. The van der Waals surface area contributed by atoms with Gasteiger partial charge in [0.05, 0.1) is 17.3 Å². The number of carbonyl (C=O) groups excluding carboxylic acids is 1. The molecule has 1 aliphatic rings. The van der Waals surface area contributed by atoms with E-state index in [0.29, 0.717) is 23.1 Å². The molecular formula is C15H17FN4O3S2. The highest BCUT2D eigenvalue weighted by Crippen LogP contribution is 2.29. The van der Waals surface area contributed by atoms with Gasteiger partial charge in [-0.25, -0.2) is 12.8 Å². The molecule has 0 saturated carbocycles. The van der Waals surface area contributed by atoms with Crippen molar-refractivity contribution in [2.24, 2.45) is 7.05 Å². The summed E-state index contributed by atoms with van der Waals surface area (Å²) in [5.74, 6) is 0.249. The molecular weight excluding hydrogens is 367 g/mol. The van der Waals surface area contributed by atoms with Crippen molar-refractivity contribution in [1.29, 1.82) is 0 Å². The molecule has 25 heavy (non-hydrogen) atoms. The average molecular weight is 384 g/mol. The molecule has 10 heteroatoms.